The second-order valence-electron chi connectivity index (χ2n) is 15.6. The van der Waals surface area contributed by atoms with Crippen LogP contribution in [0.2, 0.25) is 0 Å². The lowest BCUT2D eigenvalue weighted by Gasteiger charge is -2.50. The van der Waals surface area contributed by atoms with Crippen LogP contribution in [0.5, 0.6) is 0 Å². The molecule has 0 amide bonds. The highest BCUT2D eigenvalue weighted by atomic mass is 16.8. The molecule has 15 atom stereocenters. The average Bonchev–Trinajstić information content (AvgIpc) is 3.56. The van der Waals surface area contributed by atoms with Crippen LogP contribution in [-0.4, -0.2) is 125 Å². The summed E-state index contributed by atoms with van der Waals surface area (Å²) in [4.78, 5) is 0. The van der Waals surface area contributed by atoms with E-state index in [9.17, 15) is 20.4 Å². The van der Waals surface area contributed by atoms with Crippen molar-refractivity contribution in [3.63, 3.8) is 0 Å². The molecule has 0 spiro atoms. The van der Waals surface area contributed by atoms with Crippen molar-refractivity contribution in [1.82, 2.24) is 0 Å². The Morgan fingerprint density at radius 3 is 1.58 bits per heavy atom. The van der Waals surface area contributed by atoms with Gasteiger partial charge in [0, 0.05) is 5.92 Å². The Morgan fingerprint density at radius 2 is 1.02 bits per heavy atom. The molecule has 6 unspecified atom stereocenters. The number of rotatable bonds is 15. The van der Waals surface area contributed by atoms with Gasteiger partial charge in [0.15, 0.2) is 24.7 Å². The Labute approximate surface area is 333 Å². The van der Waals surface area contributed by atoms with Crippen LogP contribution >= 0.6 is 0 Å². The van der Waals surface area contributed by atoms with Gasteiger partial charge in [0.1, 0.15) is 54.9 Å². The molecule has 0 aliphatic carbocycles. The van der Waals surface area contributed by atoms with Crippen LogP contribution in [0.3, 0.4) is 0 Å². The summed E-state index contributed by atoms with van der Waals surface area (Å²) in [7, 11) is 0. The van der Waals surface area contributed by atoms with Crippen molar-refractivity contribution >= 4 is 0 Å². The highest BCUT2D eigenvalue weighted by Crippen LogP contribution is 2.40. The number of ether oxygens (including phenoxy) is 10. The molecule has 14 nitrogen and oxygen atoms in total. The first-order valence-corrected chi connectivity index (χ1v) is 19.7. The van der Waals surface area contributed by atoms with Gasteiger partial charge in [-0.05, 0) is 37.5 Å². The van der Waals surface area contributed by atoms with Crippen molar-refractivity contribution in [3.8, 4) is 0 Å². The predicted molar refractivity (Wildman–Crippen MR) is 202 cm³/mol. The van der Waals surface area contributed by atoms with Crippen molar-refractivity contribution in [2.24, 2.45) is 5.92 Å². The standard InChI is InChI=1S/C43H56O14/c1-25-26(2)51-42(39(49-23-28-16-10-6-11-17-28)34(25)48-22-27-14-8-5-9-15-27)55-37-32(46)40(50-24-29-18-12-7-13-19-29)52-30(20-44)35(37)54-41-33(47)38-36(31(21-45)53-41)56-43(3,4)57-38/h5-19,25-26,30-42,44-47H,20-24H2,1-4H3/t25-,26?,30?,31+,32?,33?,34+,35-,36+,37-,38?,39?,40-,41+,42+/m1/s1. The Kier molecular flexibility index (Phi) is 14.1. The first kappa shape index (κ1) is 42.2. The minimum absolute atomic E-state index is 0.0878. The van der Waals surface area contributed by atoms with Gasteiger partial charge in [0.2, 0.25) is 0 Å². The van der Waals surface area contributed by atoms with Crippen molar-refractivity contribution in [2.45, 2.75) is 139 Å². The summed E-state index contributed by atoms with van der Waals surface area (Å²) in [6, 6.07) is 28.9. The van der Waals surface area contributed by atoms with Gasteiger partial charge in [-0.3, -0.25) is 0 Å². The minimum Gasteiger partial charge on any atom is -0.394 e. The fourth-order valence-corrected chi connectivity index (χ4v) is 7.87. The summed E-state index contributed by atoms with van der Waals surface area (Å²) < 4.78 is 63.4. The van der Waals surface area contributed by atoms with Gasteiger partial charge in [-0.25, -0.2) is 0 Å². The van der Waals surface area contributed by atoms with Crippen LogP contribution < -0.4 is 0 Å². The normalized spacial score (nSPS) is 37.8. The molecule has 7 rings (SSSR count). The van der Waals surface area contributed by atoms with E-state index < -0.39 is 98.9 Å². The molecule has 0 aromatic heterocycles. The van der Waals surface area contributed by atoms with Crippen LogP contribution in [0, 0.1) is 5.92 Å². The molecular formula is C43H56O14. The average molecular weight is 797 g/mol. The molecule has 14 heteroatoms. The lowest BCUT2D eigenvalue weighted by Crippen LogP contribution is -2.66. The number of aliphatic hydroxyl groups is 4. The van der Waals surface area contributed by atoms with Crippen molar-refractivity contribution < 1.29 is 67.8 Å². The van der Waals surface area contributed by atoms with E-state index in [1.165, 1.54) is 0 Å². The molecule has 3 aromatic carbocycles. The maximum Gasteiger partial charge on any atom is 0.187 e. The molecule has 57 heavy (non-hydrogen) atoms. The molecule has 312 valence electrons. The monoisotopic (exact) mass is 796 g/mol. The molecule has 0 bridgehead atoms. The molecular weight excluding hydrogens is 740 g/mol. The lowest BCUT2D eigenvalue weighted by molar-refractivity contribution is -0.385. The minimum atomic E-state index is -1.51. The third-order valence-electron chi connectivity index (χ3n) is 11.0. The second kappa shape index (κ2) is 19.0. The zero-order valence-corrected chi connectivity index (χ0v) is 32.7. The highest BCUT2D eigenvalue weighted by Gasteiger charge is 2.58. The van der Waals surface area contributed by atoms with E-state index in [-0.39, 0.29) is 25.2 Å². The Balaban J connectivity index is 1.19. The van der Waals surface area contributed by atoms with Crippen LogP contribution in [0.15, 0.2) is 91.0 Å². The van der Waals surface area contributed by atoms with E-state index in [1.54, 1.807) is 13.8 Å². The van der Waals surface area contributed by atoms with Gasteiger partial charge >= 0.3 is 0 Å². The molecule has 4 aliphatic heterocycles. The van der Waals surface area contributed by atoms with Crippen molar-refractivity contribution in [1.29, 1.82) is 0 Å². The SMILES string of the molecule is CC1O[C@@H](O[C@@H]2C(O)[C@H](OCc3ccccc3)OC(CO)[C@H]2O[C@@H]2O[C@@H](CO)[C@@H]3OC(C)(C)OC3C2O)C(OCc2ccccc2)[C@@H](OCc2ccccc2)[C@@H]1C. The summed E-state index contributed by atoms with van der Waals surface area (Å²) in [5, 5.41) is 44.7. The fraction of sp³-hybridized carbons (Fsp3) is 0.581. The number of aliphatic hydroxyl groups excluding tert-OH is 4. The zero-order valence-electron chi connectivity index (χ0n) is 32.7. The summed E-state index contributed by atoms with van der Waals surface area (Å²) in [5.74, 6) is -1.20. The summed E-state index contributed by atoms with van der Waals surface area (Å²) in [6.07, 6.45) is -14.8. The Hall–Kier alpha value is -2.90. The van der Waals surface area contributed by atoms with Crippen LogP contribution in [0.4, 0.5) is 0 Å². The van der Waals surface area contributed by atoms with E-state index in [0.717, 1.165) is 16.7 Å². The summed E-state index contributed by atoms with van der Waals surface area (Å²) >= 11 is 0. The van der Waals surface area contributed by atoms with E-state index in [1.807, 2.05) is 105 Å². The molecule has 0 saturated carbocycles. The number of fused-ring (bicyclic) bond motifs is 1. The fourth-order valence-electron chi connectivity index (χ4n) is 7.87. The topological polar surface area (TPSA) is 173 Å². The maximum atomic E-state index is 12.1. The first-order chi connectivity index (χ1) is 27.5. The molecule has 0 radical (unpaired) electrons. The number of hydrogen-bond acceptors (Lipinski definition) is 14. The summed E-state index contributed by atoms with van der Waals surface area (Å²) in [5.41, 5.74) is 2.74. The smallest absolute Gasteiger partial charge is 0.187 e. The Morgan fingerprint density at radius 1 is 0.526 bits per heavy atom. The van der Waals surface area contributed by atoms with Gasteiger partial charge in [0.25, 0.3) is 0 Å². The second-order valence-corrected chi connectivity index (χ2v) is 15.6. The van der Waals surface area contributed by atoms with Gasteiger partial charge in [-0.1, -0.05) is 97.9 Å². The van der Waals surface area contributed by atoms with Crippen LogP contribution in [-0.2, 0) is 67.2 Å². The summed E-state index contributed by atoms with van der Waals surface area (Å²) in [6.45, 7) is 6.93. The number of hydrogen-bond donors (Lipinski definition) is 4. The molecule has 4 saturated heterocycles. The lowest BCUT2D eigenvalue weighted by atomic mass is 9.90. The zero-order chi connectivity index (χ0) is 40.1. The van der Waals surface area contributed by atoms with E-state index in [0.29, 0.717) is 6.61 Å². The van der Waals surface area contributed by atoms with Crippen molar-refractivity contribution in [2.75, 3.05) is 13.2 Å². The van der Waals surface area contributed by atoms with Gasteiger partial charge in [-0.15, -0.1) is 0 Å². The third-order valence-corrected chi connectivity index (χ3v) is 11.0. The molecule has 4 aliphatic rings. The molecule has 4 heterocycles. The van der Waals surface area contributed by atoms with E-state index >= 15 is 0 Å². The third kappa shape index (κ3) is 9.94. The largest absolute Gasteiger partial charge is 0.394 e. The van der Waals surface area contributed by atoms with E-state index in [4.69, 9.17) is 47.4 Å². The Bertz CT molecular complexity index is 1650. The van der Waals surface area contributed by atoms with Gasteiger partial charge < -0.3 is 67.8 Å². The van der Waals surface area contributed by atoms with Gasteiger partial charge in [0.05, 0.1) is 45.2 Å². The quantitative estimate of drug-likeness (QED) is 0.177. The van der Waals surface area contributed by atoms with E-state index in [2.05, 4.69) is 0 Å². The van der Waals surface area contributed by atoms with Crippen LogP contribution in [0.1, 0.15) is 44.4 Å². The molecule has 4 N–H and O–H groups in total. The number of benzene rings is 3. The highest BCUT2D eigenvalue weighted by molar-refractivity contribution is 5.15. The first-order valence-electron chi connectivity index (χ1n) is 19.7. The molecule has 3 aromatic rings. The van der Waals surface area contributed by atoms with Gasteiger partial charge in [-0.2, -0.15) is 0 Å². The molecule has 4 fully saturated rings. The van der Waals surface area contributed by atoms with Crippen molar-refractivity contribution in [3.05, 3.63) is 108 Å². The van der Waals surface area contributed by atoms with Crippen LogP contribution in [0.25, 0.3) is 0 Å². The maximum absolute atomic E-state index is 12.1. The predicted octanol–water partition coefficient (Wildman–Crippen LogP) is 3.20.